The lowest BCUT2D eigenvalue weighted by atomic mass is 10.0. The summed E-state index contributed by atoms with van der Waals surface area (Å²) < 4.78 is 0. The fraction of sp³-hybridized carbons (Fsp3) is 0.688. The zero-order chi connectivity index (χ0) is 13.5. The van der Waals surface area contributed by atoms with Crippen molar-refractivity contribution in [3.63, 3.8) is 0 Å². The Morgan fingerprint density at radius 1 is 0.944 bits per heavy atom. The quantitative estimate of drug-likeness (QED) is 0.517. The van der Waals surface area contributed by atoms with Crippen LogP contribution in [0.15, 0.2) is 0 Å². The molecule has 0 aliphatic rings. The number of hydrogen-bond donors (Lipinski definition) is 1. The van der Waals surface area contributed by atoms with Crippen molar-refractivity contribution in [3.8, 4) is 0 Å². The summed E-state index contributed by atoms with van der Waals surface area (Å²) in [7, 11) is 0. The van der Waals surface area contributed by atoms with Gasteiger partial charge in [0.05, 0.1) is 5.69 Å². The highest BCUT2D eigenvalue weighted by atomic mass is 16.1. The molecule has 0 unspecified atom stereocenters. The second-order valence-electron chi connectivity index (χ2n) is 5.32. The van der Waals surface area contributed by atoms with E-state index in [1.165, 1.54) is 37.7 Å². The molecule has 0 saturated carbocycles. The first-order valence-electron chi connectivity index (χ1n) is 7.26. The molecule has 18 heavy (non-hydrogen) atoms. The van der Waals surface area contributed by atoms with Gasteiger partial charge in [0.2, 0.25) is 0 Å². The first-order chi connectivity index (χ1) is 8.57. The maximum Gasteiger partial charge on any atom is 0.179 e. The Bertz CT molecular complexity index is 390. The van der Waals surface area contributed by atoms with Gasteiger partial charge in [-0.1, -0.05) is 39.0 Å². The van der Waals surface area contributed by atoms with Gasteiger partial charge in [0.15, 0.2) is 5.78 Å². The number of rotatable bonds is 8. The molecule has 0 aliphatic carbocycles. The van der Waals surface area contributed by atoms with E-state index in [0.717, 1.165) is 23.4 Å². The van der Waals surface area contributed by atoms with Gasteiger partial charge >= 0.3 is 0 Å². The van der Waals surface area contributed by atoms with Crippen LogP contribution >= 0.6 is 0 Å². The van der Waals surface area contributed by atoms with E-state index in [-0.39, 0.29) is 5.78 Å². The normalized spacial score (nSPS) is 10.9. The minimum atomic E-state index is 0.277. The van der Waals surface area contributed by atoms with Crippen molar-refractivity contribution in [2.75, 3.05) is 0 Å². The second-order valence-corrected chi connectivity index (χ2v) is 5.32. The summed E-state index contributed by atoms with van der Waals surface area (Å²) in [6.07, 6.45) is 8.07. The number of aromatic nitrogens is 1. The Kier molecular flexibility index (Phi) is 6.17. The largest absolute Gasteiger partial charge is 0.356 e. The third kappa shape index (κ3) is 4.01. The van der Waals surface area contributed by atoms with Crippen LogP contribution in [0.4, 0.5) is 0 Å². The monoisotopic (exact) mass is 249 g/mol. The van der Waals surface area contributed by atoms with Crippen LogP contribution in [0.2, 0.25) is 0 Å². The summed E-state index contributed by atoms with van der Waals surface area (Å²) in [4.78, 5) is 15.3. The van der Waals surface area contributed by atoms with E-state index >= 15 is 0 Å². The van der Waals surface area contributed by atoms with Crippen LogP contribution in [0.1, 0.15) is 79.2 Å². The molecule has 0 saturated heterocycles. The number of hydrogen-bond acceptors (Lipinski definition) is 1. The number of aryl methyl sites for hydroxylation is 1. The molecule has 1 rings (SSSR count). The van der Waals surface area contributed by atoms with Crippen molar-refractivity contribution in [3.05, 3.63) is 22.5 Å². The van der Waals surface area contributed by atoms with Crippen molar-refractivity contribution < 1.29 is 4.79 Å². The van der Waals surface area contributed by atoms with E-state index in [9.17, 15) is 4.79 Å². The molecule has 1 N–H and O–H groups in total. The maximum atomic E-state index is 12.1. The molecule has 2 nitrogen and oxygen atoms in total. The summed E-state index contributed by atoms with van der Waals surface area (Å²) in [5.74, 6) is 0.277. The Labute approximate surface area is 111 Å². The van der Waals surface area contributed by atoms with Gasteiger partial charge in [0.1, 0.15) is 0 Å². The predicted octanol–water partition coefficient (Wildman–Crippen LogP) is 4.87. The van der Waals surface area contributed by atoms with Gasteiger partial charge in [0, 0.05) is 12.1 Å². The number of Topliss-reactive ketones (excluding diaryl/α,β-unsaturated/α-hetero) is 1. The molecule has 2 heteroatoms. The van der Waals surface area contributed by atoms with Crippen molar-refractivity contribution in [1.82, 2.24) is 4.98 Å². The zero-order valence-electron chi connectivity index (χ0n) is 12.4. The summed E-state index contributed by atoms with van der Waals surface area (Å²) >= 11 is 0. The number of aromatic amines is 1. The van der Waals surface area contributed by atoms with E-state index in [1.54, 1.807) is 0 Å². The molecule has 102 valence electrons. The average molecular weight is 249 g/mol. The molecule has 0 atom stereocenters. The van der Waals surface area contributed by atoms with Crippen LogP contribution in [0.5, 0.6) is 0 Å². The van der Waals surface area contributed by atoms with Crippen LogP contribution in [-0.4, -0.2) is 10.8 Å². The van der Waals surface area contributed by atoms with Gasteiger partial charge < -0.3 is 4.98 Å². The zero-order valence-corrected chi connectivity index (χ0v) is 12.4. The van der Waals surface area contributed by atoms with Gasteiger partial charge in [-0.05, 0) is 38.3 Å². The lowest BCUT2D eigenvalue weighted by molar-refractivity contribution is 0.0974. The van der Waals surface area contributed by atoms with Crippen LogP contribution in [0.25, 0.3) is 0 Å². The van der Waals surface area contributed by atoms with Gasteiger partial charge in [-0.3, -0.25) is 4.79 Å². The molecule has 0 spiro atoms. The van der Waals surface area contributed by atoms with Crippen LogP contribution in [0.3, 0.4) is 0 Å². The molecule has 1 heterocycles. The summed E-state index contributed by atoms with van der Waals surface area (Å²) in [6.45, 7) is 8.36. The van der Waals surface area contributed by atoms with Crippen LogP contribution in [0, 0.1) is 20.8 Å². The molecule has 1 aromatic rings. The molecule has 0 fully saturated rings. The van der Waals surface area contributed by atoms with Gasteiger partial charge in [-0.2, -0.15) is 0 Å². The minimum absolute atomic E-state index is 0.277. The van der Waals surface area contributed by atoms with E-state index in [0.29, 0.717) is 6.42 Å². The third-order valence-corrected chi connectivity index (χ3v) is 3.85. The van der Waals surface area contributed by atoms with Crippen molar-refractivity contribution >= 4 is 5.78 Å². The van der Waals surface area contributed by atoms with Crippen LogP contribution in [-0.2, 0) is 0 Å². The SMILES string of the molecule is CCCCCCCCC(=O)c1[nH]c(C)c(C)c1C. The van der Waals surface area contributed by atoms with E-state index in [2.05, 4.69) is 18.8 Å². The van der Waals surface area contributed by atoms with Gasteiger partial charge in [-0.25, -0.2) is 0 Å². The second kappa shape index (κ2) is 7.40. The number of carbonyl (C=O) groups is 1. The van der Waals surface area contributed by atoms with Crippen molar-refractivity contribution in [2.24, 2.45) is 0 Å². The number of carbonyl (C=O) groups excluding carboxylic acids is 1. The third-order valence-electron chi connectivity index (χ3n) is 3.85. The van der Waals surface area contributed by atoms with Crippen molar-refractivity contribution in [2.45, 2.75) is 72.6 Å². The first-order valence-corrected chi connectivity index (χ1v) is 7.26. The van der Waals surface area contributed by atoms with Crippen LogP contribution < -0.4 is 0 Å². The standard InChI is InChI=1S/C16H27NO/c1-5-6-7-8-9-10-11-15(18)16-13(3)12(2)14(4)17-16/h17H,5-11H2,1-4H3. The van der Waals surface area contributed by atoms with Gasteiger partial charge in [0.25, 0.3) is 0 Å². The lowest BCUT2D eigenvalue weighted by Gasteiger charge is -2.01. The molecular formula is C16H27NO. The summed E-state index contributed by atoms with van der Waals surface area (Å²) in [6, 6.07) is 0. The molecule has 0 aliphatic heterocycles. The Morgan fingerprint density at radius 3 is 2.11 bits per heavy atom. The average Bonchev–Trinajstić information content (AvgIpc) is 2.61. The number of ketones is 1. The minimum Gasteiger partial charge on any atom is -0.356 e. The van der Waals surface area contributed by atoms with Crippen molar-refractivity contribution in [1.29, 1.82) is 0 Å². The highest BCUT2D eigenvalue weighted by Gasteiger charge is 2.14. The fourth-order valence-corrected chi connectivity index (χ4v) is 2.31. The molecule has 0 bridgehead atoms. The van der Waals surface area contributed by atoms with E-state index in [1.807, 2.05) is 13.8 Å². The first kappa shape index (κ1) is 15.0. The van der Waals surface area contributed by atoms with E-state index < -0.39 is 0 Å². The molecule has 0 aromatic carbocycles. The summed E-state index contributed by atoms with van der Waals surface area (Å²) in [5.41, 5.74) is 4.31. The Morgan fingerprint density at radius 2 is 1.56 bits per heavy atom. The highest BCUT2D eigenvalue weighted by Crippen LogP contribution is 2.19. The van der Waals surface area contributed by atoms with E-state index in [4.69, 9.17) is 0 Å². The smallest absolute Gasteiger partial charge is 0.179 e. The maximum absolute atomic E-state index is 12.1. The summed E-state index contributed by atoms with van der Waals surface area (Å²) in [5, 5.41) is 0. The molecular weight excluding hydrogens is 222 g/mol. The number of nitrogens with one attached hydrogen (secondary N) is 1. The Balaban J connectivity index is 2.34. The highest BCUT2D eigenvalue weighted by molar-refractivity contribution is 5.96. The molecule has 0 amide bonds. The molecule has 0 radical (unpaired) electrons. The molecule has 1 aromatic heterocycles. The number of H-pyrrole nitrogens is 1. The number of unbranched alkanes of at least 4 members (excludes halogenated alkanes) is 5. The fourth-order valence-electron chi connectivity index (χ4n) is 2.31. The topological polar surface area (TPSA) is 32.9 Å². The Hall–Kier alpha value is -1.05. The predicted molar refractivity (Wildman–Crippen MR) is 77.3 cm³/mol. The van der Waals surface area contributed by atoms with Gasteiger partial charge in [-0.15, -0.1) is 0 Å². The lowest BCUT2D eigenvalue weighted by Crippen LogP contribution is -2.01.